The van der Waals surface area contributed by atoms with Crippen LogP contribution in [0.3, 0.4) is 0 Å². The standard InChI is InChI=1S/C22H36ClN5O/c1-3-29-19-9-13-28(14-10-19)22(24-2)25-11-6-12-26-15-17-27(18-16-26)21-8-5-4-7-20(21)23/h4-5,7-8,19H,3,6,9-18H2,1-2H3,(H,24,25). The van der Waals surface area contributed by atoms with Crippen LogP contribution in [-0.4, -0.2) is 87.9 Å². The fourth-order valence-electron chi connectivity index (χ4n) is 4.23. The summed E-state index contributed by atoms with van der Waals surface area (Å²) in [6.45, 7) is 11.3. The van der Waals surface area contributed by atoms with Gasteiger partial charge in [0.25, 0.3) is 0 Å². The maximum absolute atomic E-state index is 6.34. The SMILES string of the molecule is CCOC1CCN(C(=NC)NCCCN2CCN(c3ccccc3Cl)CC2)CC1. The van der Waals surface area contributed by atoms with E-state index in [9.17, 15) is 0 Å². The first-order valence-corrected chi connectivity index (χ1v) is 11.4. The predicted molar refractivity (Wildman–Crippen MR) is 122 cm³/mol. The summed E-state index contributed by atoms with van der Waals surface area (Å²) in [6.07, 6.45) is 3.72. The molecule has 1 N–H and O–H groups in total. The third-order valence-electron chi connectivity index (χ3n) is 5.86. The van der Waals surface area contributed by atoms with Crippen LogP contribution in [0.4, 0.5) is 5.69 Å². The van der Waals surface area contributed by atoms with Gasteiger partial charge >= 0.3 is 0 Å². The van der Waals surface area contributed by atoms with Crippen molar-refractivity contribution in [2.45, 2.75) is 32.3 Å². The smallest absolute Gasteiger partial charge is 0.193 e. The van der Waals surface area contributed by atoms with Crippen molar-refractivity contribution in [2.75, 3.05) is 70.9 Å². The Morgan fingerprint density at radius 3 is 2.52 bits per heavy atom. The number of aliphatic imine (C=N–C) groups is 1. The number of hydrogen-bond acceptors (Lipinski definition) is 4. The zero-order valence-electron chi connectivity index (χ0n) is 17.9. The van der Waals surface area contributed by atoms with Crippen molar-refractivity contribution < 1.29 is 4.74 Å². The molecule has 0 atom stereocenters. The molecule has 1 aromatic rings. The highest BCUT2D eigenvalue weighted by molar-refractivity contribution is 6.33. The molecule has 3 rings (SSSR count). The second-order valence-electron chi connectivity index (χ2n) is 7.75. The monoisotopic (exact) mass is 421 g/mol. The van der Waals surface area contributed by atoms with Gasteiger partial charge in [-0.2, -0.15) is 0 Å². The maximum atomic E-state index is 6.34. The minimum atomic E-state index is 0.416. The van der Waals surface area contributed by atoms with E-state index in [-0.39, 0.29) is 0 Å². The van der Waals surface area contributed by atoms with Gasteiger partial charge in [0.05, 0.1) is 16.8 Å². The van der Waals surface area contributed by atoms with E-state index in [0.29, 0.717) is 6.10 Å². The van der Waals surface area contributed by atoms with Crippen molar-refractivity contribution in [3.05, 3.63) is 29.3 Å². The molecule has 2 heterocycles. The van der Waals surface area contributed by atoms with Gasteiger partial charge in [0.15, 0.2) is 5.96 Å². The van der Waals surface area contributed by atoms with Crippen LogP contribution in [0.2, 0.25) is 5.02 Å². The predicted octanol–water partition coefficient (Wildman–Crippen LogP) is 2.93. The molecule has 0 saturated carbocycles. The van der Waals surface area contributed by atoms with Gasteiger partial charge in [-0.05, 0) is 44.9 Å². The summed E-state index contributed by atoms with van der Waals surface area (Å²) in [7, 11) is 1.88. The molecule has 1 aromatic carbocycles. The fraction of sp³-hybridized carbons (Fsp3) is 0.682. The number of nitrogens with zero attached hydrogens (tertiary/aromatic N) is 4. The van der Waals surface area contributed by atoms with Crippen molar-refractivity contribution >= 4 is 23.2 Å². The summed E-state index contributed by atoms with van der Waals surface area (Å²) in [5.41, 5.74) is 1.16. The first-order chi connectivity index (χ1) is 14.2. The summed E-state index contributed by atoms with van der Waals surface area (Å²) in [5.74, 6) is 1.03. The highest BCUT2D eigenvalue weighted by atomic mass is 35.5. The third kappa shape index (κ3) is 6.49. The second kappa shape index (κ2) is 11.6. The van der Waals surface area contributed by atoms with Gasteiger partial charge in [-0.15, -0.1) is 0 Å². The number of piperazine rings is 1. The van der Waals surface area contributed by atoms with Crippen LogP contribution in [-0.2, 0) is 4.74 Å². The lowest BCUT2D eigenvalue weighted by Crippen LogP contribution is -2.48. The second-order valence-corrected chi connectivity index (χ2v) is 8.16. The molecule has 29 heavy (non-hydrogen) atoms. The highest BCUT2D eigenvalue weighted by Crippen LogP contribution is 2.26. The Kier molecular flexibility index (Phi) is 8.90. The molecule has 0 amide bonds. The number of ether oxygens (including phenoxy) is 1. The van der Waals surface area contributed by atoms with Gasteiger partial charge in [0.2, 0.25) is 0 Å². The van der Waals surface area contributed by atoms with Crippen LogP contribution in [0.25, 0.3) is 0 Å². The average Bonchev–Trinajstić information content (AvgIpc) is 2.76. The molecule has 2 fully saturated rings. The normalized spacial score (nSPS) is 19.6. The highest BCUT2D eigenvalue weighted by Gasteiger charge is 2.22. The lowest BCUT2D eigenvalue weighted by atomic mass is 10.1. The zero-order chi connectivity index (χ0) is 20.5. The number of anilines is 1. The van der Waals surface area contributed by atoms with Crippen LogP contribution >= 0.6 is 11.6 Å². The van der Waals surface area contributed by atoms with Crippen LogP contribution in [0.15, 0.2) is 29.3 Å². The largest absolute Gasteiger partial charge is 0.378 e. The number of rotatable bonds is 7. The molecular weight excluding hydrogens is 386 g/mol. The van der Waals surface area contributed by atoms with Gasteiger partial charge in [0, 0.05) is 59.5 Å². The van der Waals surface area contributed by atoms with Gasteiger partial charge in [-0.1, -0.05) is 23.7 Å². The Hall–Kier alpha value is -1.50. The molecule has 2 aliphatic rings. The fourth-order valence-corrected chi connectivity index (χ4v) is 4.48. The van der Waals surface area contributed by atoms with E-state index >= 15 is 0 Å². The number of likely N-dealkylation sites (tertiary alicyclic amines) is 1. The molecule has 2 saturated heterocycles. The Morgan fingerprint density at radius 2 is 1.86 bits per heavy atom. The minimum absolute atomic E-state index is 0.416. The van der Waals surface area contributed by atoms with E-state index in [0.717, 1.165) is 94.9 Å². The molecule has 0 spiro atoms. The summed E-state index contributed by atoms with van der Waals surface area (Å²) >= 11 is 6.34. The lowest BCUT2D eigenvalue weighted by Gasteiger charge is -2.36. The Bertz CT molecular complexity index is 640. The van der Waals surface area contributed by atoms with Crippen molar-refractivity contribution in [2.24, 2.45) is 4.99 Å². The van der Waals surface area contributed by atoms with Gasteiger partial charge in [-0.3, -0.25) is 9.89 Å². The molecular formula is C22H36ClN5O. The topological polar surface area (TPSA) is 43.3 Å². The first kappa shape index (κ1) is 22.2. The third-order valence-corrected chi connectivity index (χ3v) is 6.17. The number of hydrogen-bond donors (Lipinski definition) is 1. The number of guanidine groups is 1. The van der Waals surface area contributed by atoms with Crippen LogP contribution in [0.5, 0.6) is 0 Å². The van der Waals surface area contributed by atoms with Gasteiger partial charge in [-0.25, -0.2) is 0 Å². The Morgan fingerprint density at radius 1 is 1.14 bits per heavy atom. The van der Waals surface area contributed by atoms with E-state index in [1.807, 2.05) is 19.2 Å². The quantitative estimate of drug-likeness (QED) is 0.416. The van der Waals surface area contributed by atoms with E-state index in [1.165, 1.54) is 0 Å². The summed E-state index contributed by atoms with van der Waals surface area (Å²) < 4.78 is 5.75. The van der Waals surface area contributed by atoms with Gasteiger partial charge < -0.3 is 19.9 Å². The molecule has 2 aliphatic heterocycles. The molecule has 0 radical (unpaired) electrons. The maximum Gasteiger partial charge on any atom is 0.193 e. The summed E-state index contributed by atoms with van der Waals surface area (Å²) in [5, 5.41) is 4.40. The molecule has 0 unspecified atom stereocenters. The number of nitrogens with one attached hydrogen (secondary N) is 1. The van der Waals surface area contributed by atoms with E-state index in [1.54, 1.807) is 0 Å². The summed E-state index contributed by atoms with van der Waals surface area (Å²) in [4.78, 5) is 11.8. The number of halogens is 1. The Labute approximate surface area is 180 Å². The molecule has 0 aliphatic carbocycles. The number of benzene rings is 1. The van der Waals surface area contributed by atoms with Crippen molar-refractivity contribution in [3.63, 3.8) is 0 Å². The minimum Gasteiger partial charge on any atom is -0.378 e. The van der Waals surface area contributed by atoms with Crippen molar-refractivity contribution in [1.29, 1.82) is 0 Å². The molecule has 0 bridgehead atoms. The molecule has 6 nitrogen and oxygen atoms in total. The van der Waals surface area contributed by atoms with Crippen LogP contribution in [0, 0.1) is 0 Å². The lowest BCUT2D eigenvalue weighted by molar-refractivity contribution is 0.0264. The van der Waals surface area contributed by atoms with E-state index in [2.05, 4.69) is 44.1 Å². The van der Waals surface area contributed by atoms with Crippen molar-refractivity contribution in [1.82, 2.24) is 15.1 Å². The van der Waals surface area contributed by atoms with Gasteiger partial charge in [0.1, 0.15) is 0 Å². The van der Waals surface area contributed by atoms with E-state index < -0.39 is 0 Å². The number of para-hydroxylation sites is 1. The Balaban J connectivity index is 1.32. The van der Waals surface area contributed by atoms with Crippen LogP contribution in [0.1, 0.15) is 26.2 Å². The first-order valence-electron chi connectivity index (χ1n) is 11.0. The molecule has 0 aromatic heterocycles. The molecule has 162 valence electrons. The van der Waals surface area contributed by atoms with Crippen LogP contribution < -0.4 is 10.2 Å². The summed E-state index contributed by atoms with van der Waals surface area (Å²) in [6, 6.07) is 8.14. The molecule has 7 heteroatoms. The number of piperidine rings is 1. The van der Waals surface area contributed by atoms with E-state index in [4.69, 9.17) is 16.3 Å². The zero-order valence-corrected chi connectivity index (χ0v) is 18.7. The average molecular weight is 422 g/mol. The van der Waals surface area contributed by atoms with Crippen molar-refractivity contribution in [3.8, 4) is 0 Å².